The summed E-state index contributed by atoms with van der Waals surface area (Å²) >= 11 is 0. The molecule has 0 aliphatic carbocycles. The van der Waals surface area contributed by atoms with Crippen LogP contribution in [0.4, 0.5) is 10.5 Å². The molecule has 1 heterocycles. The average molecular weight is 285 g/mol. The summed E-state index contributed by atoms with van der Waals surface area (Å²) in [6.07, 6.45) is 2.63. The molecule has 2 N–H and O–H groups in total. The number of benzene rings is 1. The number of aromatic nitrogens is 1. The highest BCUT2D eigenvalue weighted by molar-refractivity contribution is 5.92. The molecular formula is C15H15N3O3. The Morgan fingerprint density at radius 2 is 1.95 bits per heavy atom. The quantitative estimate of drug-likeness (QED) is 0.904. The molecule has 0 saturated heterocycles. The van der Waals surface area contributed by atoms with Crippen LogP contribution in [0, 0.1) is 0 Å². The molecule has 108 valence electrons. The number of aromatic carboxylic acids is 1. The largest absolute Gasteiger partial charge is 0.478 e. The van der Waals surface area contributed by atoms with E-state index in [9.17, 15) is 9.59 Å². The van der Waals surface area contributed by atoms with E-state index in [1.807, 2.05) is 30.3 Å². The van der Waals surface area contributed by atoms with Crippen molar-refractivity contribution in [2.75, 3.05) is 12.4 Å². The third kappa shape index (κ3) is 4.04. The van der Waals surface area contributed by atoms with E-state index in [1.54, 1.807) is 7.05 Å². The molecular weight excluding hydrogens is 270 g/mol. The number of nitrogens with one attached hydrogen (secondary N) is 1. The Morgan fingerprint density at radius 3 is 2.62 bits per heavy atom. The second-order valence-electron chi connectivity index (χ2n) is 4.54. The van der Waals surface area contributed by atoms with E-state index < -0.39 is 5.97 Å². The number of carbonyl (C=O) groups excluding carboxylic acids is 1. The lowest BCUT2D eigenvalue weighted by atomic mass is 10.2. The molecule has 6 nitrogen and oxygen atoms in total. The molecule has 1 aromatic carbocycles. The van der Waals surface area contributed by atoms with Crippen molar-refractivity contribution >= 4 is 17.7 Å². The maximum absolute atomic E-state index is 12.0. The highest BCUT2D eigenvalue weighted by atomic mass is 16.4. The summed E-state index contributed by atoms with van der Waals surface area (Å²) in [6.45, 7) is 0.457. The van der Waals surface area contributed by atoms with Crippen LogP contribution in [-0.2, 0) is 6.54 Å². The van der Waals surface area contributed by atoms with Gasteiger partial charge < -0.3 is 15.3 Å². The first-order valence-corrected chi connectivity index (χ1v) is 6.30. The predicted octanol–water partition coefficient (Wildman–Crippen LogP) is 2.44. The van der Waals surface area contributed by atoms with E-state index in [4.69, 9.17) is 5.11 Å². The van der Waals surface area contributed by atoms with Crippen LogP contribution in [0.2, 0.25) is 0 Å². The first kappa shape index (κ1) is 14.5. The van der Waals surface area contributed by atoms with Gasteiger partial charge in [-0.1, -0.05) is 30.3 Å². The van der Waals surface area contributed by atoms with Crippen molar-refractivity contribution in [3.8, 4) is 0 Å². The van der Waals surface area contributed by atoms with Crippen LogP contribution >= 0.6 is 0 Å². The molecule has 2 rings (SSSR count). The predicted molar refractivity (Wildman–Crippen MR) is 78.1 cm³/mol. The summed E-state index contributed by atoms with van der Waals surface area (Å²) in [5, 5.41) is 11.5. The van der Waals surface area contributed by atoms with Gasteiger partial charge in [0, 0.05) is 19.8 Å². The highest BCUT2D eigenvalue weighted by Gasteiger charge is 2.11. The number of hydrogen-bond donors (Lipinski definition) is 2. The van der Waals surface area contributed by atoms with Gasteiger partial charge in [-0.3, -0.25) is 4.98 Å². The minimum atomic E-state index is -1.09. The standard InChI is InChI=1S/C15H15N3O3/c1-18(10-11-5-3-2-4-6-11)15(21)17-13-7-12(14(19)20)8-16-9-13/h2-9H,10H2,1H3,(H,17,21)(H,19,20). The molecule has 2 aromatic rings. The van der Waals surface area contributed by atoms with E-state index >= 15 is 0 Å². The van der Waals surface area contributed by atoms with Crippen molar-refractivity contribution < 1.29 is 14.7 Å². The molecule has 0 radical (unpaired) electrons. The SMILES string of the molecule is CN(Cc1ccccc1)C(=O)Nc1cncc(C(=O)O)c1. The molecule has 21 heavy (non-hydrogen) atoms. The fraction of sp³-hybridized carbons (Fsp3) is 0.133. The van der Waals surface area contributed by atoms with Gasteiger partial charge in [0.1, 0.15) is 0 Å². The van der Waals surface area contributed by atoms with Crippen LogP contribution in [0.15, 0.2) is 48.8 Å². The number of nitrogens with zero attached hydrogens (tertiary/aromatic N) is 2. The van der Waals surface area contributed by atoms with Crippen LogP contribution in [-0.4, -0.2) is 34.0 Å². The molecule has 0 aliphatic rings. The molecule has 0 spiro atoms. The molecule has 0 fully saturated rings. The number of amides is 2. The summed E-state index contributed by atoms with van der Waals surface area (Å²) in [7, 11) is 1.66. The number of carboxylic acid groups (broad SMARTS) is 1. The van der Waals surface area contributed by atoms with Crippen molar-refractivity contribution in [3.63, 3.8) is 0 Å². The van der Waals surface area contributed by atoms with E-state index in [2.05, 4.69) is 10.3 Å². The highest BCUT2D eigenvalue weighted by Crippen LogP contribution is 2.10. The van der Waals surface area contributed by atoms with Gasteiger partial charge in [0.25, 0.3) is 0 Å². The second kappa shape index (κ2) is 6.51. The van der Waals surface area contributed by atoms with Gasteiger partial charge in [0.15, 0.2) is 0 Å². The molecule has 0 saturated carbocycles. The first-order chi connectivity index (χ1) is 10.1. The molecule has 0 bridgehead atoms. The molecule has 6 heteroatoms. The molecule has 0 aliphatic heterocycles. The summed E-state index contributed by atoms with van der Waals surface area (Å²) in [4.78, 5) is 28.2. The number of hydrogen-bond acceptors (Lipinski definition) is 3. The Balaban J connectivity index is 2.00. The summed E-state index contributed by atoms with van der Waals surface area (Å²) in [5.74, 6) is -1.09. The van der Waals surface area contributed by atoms with Gasteiger partial charge in [-0.05, 0) is 11.6 Å². The van der Waals surface area contributed by atoms with Crippen LogP contribution in [0.3, 0.4) is 0 Å². The number of carboxylic acids is 1. The number of anilines is 1. The Kier molecular flexibility index (Phi) is 4.50. The van der Waals surface area contributed by atoms with Crippen molar-refractivity contribution in [3.05, 3.63) is 59.9 Å². The Hall–Kier alpha value is -2.89. The van der Waals surface area contributed by atoms with Gasteiger partial charge in [-0.15, -0.1) is 0 Å². The zero-order valence-corrected chi connectivity index (χ0v) is 11.5. The van der Waals surface area contributed by atoms with Crippen LogP contribution in [0.1, 0.15) is 15.9 Å². The Morgan fingerprint density at radius 1 is 1.24 bits per heavy atom. The molecule has 2 amide bonds. The average Bonchev–Trinajstić information content (AvgIpc) is 2.48. The van der Waals surface area contributed by atoms with E-state index in [0.717, 1.165) is 5.56 Å². The van der Waals surface area contributed by atoms with E-state index in [0.29, 0.717) is 12.2 Å². The van der Waals surface area contributed by atoms with Gasteiger partial charge in [0.05, 0.1) is 17.4 Å². The maximum atomic E-state index is 12.0. The minimum absolute atomic E-state index is 0.0264. The van der Waals surface area contributed by atoms with Crippen molar-refractivity contribution in [2.24, 2.45) is 0 Å². The molecule has 0 atom stereocenters. The third-order valence-corrected chi connectivity index (χ3v) is 2.85. The van der Waals surface area contributed by atoms with Crippen molar-refractivity contribution in [2.45, 2.75) is 6.54 Å². The lowest BCUT2D eigenvalue weighted by Gasteiger charge is -2.18. The van der Waals surface area contributed by atoms with Crippen LogP contribution in [0.5, 0.6) is 0 Å². The fourth-order valence-corrected chi connectivity index (χ4v) is 1.77. The zero-order valence-electron chi connectivity index (χ0n) is 11.5. The smallest absolute Gasteiger partial charge is 0.337 e. The van der Waals surface area contributed by atoms with Gasteiger partial charge in [-0.2, -0.15) is 0 Å². The van der Waals surface area contributed by atoms with E-state index in [1.165, 1.54) is 23.4 Å². The number of rotatable bonds is 4. The van der Waals surface area contributed by atoms with E-state index in [-0.39, 0.29) is 11.6 Å². The van der Waals surface area contributed by atoms with Crippen molar-refractivity contribution in [1.82, 2.24) is 9.88 Å². The first-order valence-electron chi connectivity index (χ1n) is 6.30. The van der Waals surface area contributed by atoms with Crippen LogP contribution in [0.25, 0.3) is 0 Å². The maximum Gasteiger partial charge on any atom is 0.337 e. The topological polar surface area (TPSA) is 82.5 Å². The van der Waals surface area contributed by atoms with Gasteiger partial charge in [-0.25, -0.2) is 9.59 Å². The number of carbonyl (C=O) groups is 2. The number of pyridine rings is 1. The zero-order chi connectivity index (χ0) is 15.2. The Bertz CT molecular complexity index is 644. The fourth-order valence-electron chi connectivity index (χ4n) is 1.77. The molecule has 0 unspecified atom stereocenters. The van der Waals surface area contributed by atoms with Crippen molar-refractivity contribution in [1.29, 1.82) is 0 Å². The summed E-state index contributed by atoms with van der Waals surface area (Å²) in [6, 6.07) is 10.6. The third-order valence-electron chi connectivity index (χ3n) is 2.85. The van der Waals surface area contributed by atoms with Crippen LogP contribution < -0.4 is 5.32 Å². The lowest BCUT2D eigenvalue weighted by molar-refractivity contribution is 0.0696. The normalized spacial score (nSPS) is 9.95. The van der Waals surface area contributed by atoms with Gasteiger partial charge in [0.2, 0.25) is 0 Å². The number of urea groups is 1. The summed E-state index contributed by atoms with van der Waals surface area (Å²) < 4.78 is 0. The Labute approximate surface area is 122 Å². The monoisotopic (exact) mass is 285 g/mol. The lowest BCUT2D eigenvalue weighted by Crippen LogP contribution is -2.30. The molecule has 1 aromatic heterocycles. The summed E-state index contributed by atoms with van der Waals surface area (Å²) in [5.41, 5.74) is 1.38. The minimum Gasteiger partial charge on any atom is -0.478 e. The van der Waals surface area contributed by atoms with Gasteiger partial charge >= 0.3 is 12.0 Å². The second-order valence-corrected chi connectivity index (χ2v) is 4.54.